The molecule has 0 atom stereocenters. The average Bonchev–Trinajstić information content (AvgIpc) is 2.88. The Morgan fingerprint density at radius 2 is 1.51 bits per heavy atom. The molecule has 0 spiro atoms. The van der Waals surface area contributed by atoms with Crippen LogP contribution in [0.25, 0.3) is 0 Å². The van der Waals surface area contributed by atoms with Crippen LogP contribution in [-0.4, -0.2) is 30.3 Å². The number of rotatable bonds is 5. The fourth-order valence-electron chi connectivity index (χ4n) is 4.20. The molecule has 0 aromatic heterocycles. The molecular formula is C30H35F3N2O2. The highest BCUT2D eigenvalue weighted by Crippen LogP contribution is 2.34. The van der Waals surface area contributed by atoms with Crippen molar-refractivity contribution in [2.24, 2.45) is 11.1 Å². The summed E-state index contributed by atoms with van der Waals surface area (Å²) < 4.78 is 38.3. The van der Waals surface area contributed by atoms with Crippen LogP contribution in [0.3, 0.4) is 0 Å². The predicted octanol–water partition coefficient (Wildman–Crippen LogP) is 6.00. The van der Waals surface area contributed by atoms with Gasteiger partial charge in [0.05, 0.1) is 0 Å². The van der Waals surface area contributed by atoms with Gasteiger partial charge in [0.15, 0.2) is 11.6 Å². The number of halogens is 3. The second-order valence-corrected chi connectivity index (χ2v) is 9.53. The van der Waals surface area contributed by atoms with E-state index in [0.29, 0.717) is 18.4 Å². The Balaban J connectivity index is 0.000000365. The van der Waals surface area contributed by atoms with E-state index in [4.69, 9.17) is 4.79 Å². The molecule has 1 fully saturated rings. The van der Waals surface area contributed by atoms with Crippen molar-refractivity contribution in [2.75, 3.05) is 13.1 Å². The van der Waals surface area contributed by atoms with Gasteiger partial charge in [0.2, 0.25) is 12.3 Å². The lowest BCUT2D eigenvalue weighted by molar-refractivity contribution is -0.133. The van der Waals surface area contributed by atoms with Gasteiger partial charge in [-0.05, 0) is 73.4 Å². The molecule has 3 aromatic rings. The van der Waals surface area contributed by atoms with E-state index in [2.05, 4.69) is 36.9 Å². The van der Waals surface area contributed by atoms with E-state index in [0.717, 1.165) is 44.0 Å². The summed E-state index contributed by atoms with van der Waals surface area (Å²) in [6, 6.07) is 20.7. The SMILES string of the molecule is CC1(Cc2ccccc2)CCN(C(=O)CCc2ccc(F)c(F)c2)CC1.Cc1ccc(F)cc1.NC=O. The molecule has 1 aliphatic rings. The quantitative estimate of drug-likeness (QED) is 0.426. The molecule has 4 rings (SSSR count). The van der Waals surface area contributed by atoms with Crippen LogP contribution >= 0.6 is 0 Å². The van der Waals surface area contributed by atoms with Crippen LogP contribution in [0.15, 0.2) is 72.8 Å². The largest absolute Gasteiger partial charge is 0.372 e. The molecule has 37 heavy (non-hydrogen) atoms. The molecule has 0 aliphatic carbocycles. The van der Waals surface area contributed by atoms with Crippen LogP contribution in [0.5, 0.6) is 0 Å². The van der Waals surface area contributed by atoms with Gasteiger partial charge in [-0.2, -0.15) is 0 Å². The number of piperidine rings is 1. The van der Waals surface area contributed by atoms with Gasteiger partial charge in [-0.25, -0.2) is 13.2 Å². The Kier molecular flexibility index (Phi) is 11.9. The zero-order valence-electron chi connectivity index (χ0n) is 21.4. The highest BCUT2D eigenvalue weighted by atomic mass is 19.2. The number of nitrogens with zero attached hydrogens (tertiary/aromatic N) is 1. The minimum Gasteiger partial charge on any atom is -0.372 e. The highest BCUT2D eigenvalue weighted by Gasteiger charge is 2.31. The van der Waals surface area contributed by atoms with Gasteiger partial charge in [0.1, 0.15) is 5.82 Å². The van der Waals surface area contributed by atoms with Crippen molar-refractivity contribution >= 4 is 12.3 Å². The topological polar surface area (TPSA) is 63.4 Å². The summed E-state index contributed by atoms with van der Waals surface area (Å²) in [5.74, 6) is -1.79. The summed E-state index contributed by atoms with van der Waals surface area (Å²) in [7, 11) is 0. The van der Waals surface area contributed by atoms with Gasteiger partial charge >= 0.3 is 0 Å². The van der Waals surface area contributed by atoms with Crippen molar-refractivity contribution in [2.45, 2.75) is 46.0 Å². The Morgan fingerprint density at radius 3 is 2.05 bits per heavy atom. The molecule has 0 bridgehead atoms. The maximum absolute atomic E-state index is 13.3. The third kappa shape index (κ3) is 10.5. The predicted molar refractivity (Wildman–Crippen MR) is 140 cm³/mol. The third-order valence-electron chi connectivity index (χ3n) is 6.42. The molecule has 1 aliphatic heterocycles. The number of carbonyl (C=O) groups excluding carboxylic acids is 2. The van der Waals surface area contributed by atoms with Crippen molar-refractivity contribution < 1.29 is 22.8 Å². The maximum atomic E-state index is 13.3. The normalized spacial score (nSPS) is 13.9. The number of primary amides is 1. The average molecular weight is 513 g/mol. The molecular weight excluding hydrogens is 477 g/mol. The monoisotopic (exact) mass is 512 g/mol. The summed E-state index contributed by atoms with van der Waals surface area (Å²) in [5.41, 5.74) is 7.47. The number of hydrogen-bond donors (Lipinski definition) is 1. The van der Waals surface area contributed by atoms with Crippen molar-refractivity contribution in [3.63, 3.8) is 0 Å². The molecule has 3 aromatic carbocycles. The van der Waals surface area contributed by atoms with E-state index in [1.54, 1.807) is 18.2 Å². The van der Waals surface area contributed by atoms with Crippen LogP contribution in [-0.2, 0) is 22.4 Å². The van der Waals surface area contributed by atoms with Crippen LogP contribution in [0.1, 0.15) is 42.9 Å². The summed E-state index contributed by atoms with van der Waals surface area (Å²) in [6.07, 6.45) is 4.02. The van der Waals surface area contributed by atoms with Crippen molar-refractivity contribution in [3.05, 3.63) is 107 Å². The zero-order valence-corrected chi connectivity index (χ0v) is 21.4. The summed E-state index contributed by atoms with van der Waals surface area (Å²) in [4.78, 5) is 22.9. The molecule has 4 nitrogen and oxygen atoms in total. The van der Waals surface area contributed by atoms with Gasteiger partial charge in [-0.1, -0.05) is 61.0 Å². The Hall–Kier alpha value is -3.61. The second-order valence-electron chi connectivity index (χ2n) is 9.53. The number of amides is 2. The molecule has 1 saturated heterocycles. The lowest BCUT2D eigenvalue weighted by Crippen LogP contribution is -2.43. The van der Waals surface area contributed by atoms with Crippen molar-refractivity contribution in [3.8, 4) is 0 Å². The molecule has 0 unspecified atom stereocenters. The zero-order chi connectivity index (χ0) is 27.3. The Labute approximate surface area is 217 Å². The first-order valence-electron chi connectivity index (χ1n) is 12.3. The van der Waals surface area contributed by atoms with Crippen molar-refractivity contribution in [1.82, 2.24) is 4.90 Å². The molecule has 2 N–H and O–H groups in total. The molecule has 0 saturated carbocycles. The van der Waals surface area contributed by atoms with E-state index in [1.807, 2.05) is 17.9 Å². The van der Waals surface area contributed by atoms with Gasteiger partial charge < -0.3 is 10.6 Å². The number of nitrogens with two attached hydrogens (primary N) is 1. The number of carbonyl (C=O) groups is 2. The van der Waals surface area contributed by atoms with Crippen LogP contribution in [0.2, 0.25) is 0 Å². The van der Waals surface area contributed by atoms with E-state index in [1.165, 1.54) is 23.8 Å². The fourth-order valence-corrected chi connectivity index (χ4v) is 4.20. The molecule has 0 radical (unpaired) electrons. The highest BCUT2D eigenvalue weighted by molar-refractivity contribution is 5.76. The van der Waals surface area contributed by atoms with Crippen LogP contribution in [0, 0.1) is 29.8 Å². The van der Waals surface area contributed by atoms with E-state index < -0.39 is 11.6 Å². The fraction of sp³-hybridized carbons (Fsp3) is 0.333. The molecule has 7 heteroatoms. The summed E-state index contributed by atoms with van der Waals surface area (Å²) >= 11 is 0. The number of likely N-dealkylation sites (tertiary alicyclic amines) is 1. The second kappa shape index (κ2) is 14.8. The molecule has 2 amide bonds. The lowest BCUT2D eigenvalue weighted by Gasteiger charge is -2.39. The number of aryl methyl sites for hydroxylation is 2. The molecule has 1 heterocycles. The molecule has 198 valence electrons. The van der Waals surface area contributed by atoms with Crippen LogP contribution < -0.4 is 5.73 Å². The van der Waals surface area contributed by atoms with Gasteiger partial charge in [0, 0.05) is 19.5 Å². The number of benzene rings is 3. The third-order valence-corrected chi connectivity index (χ3v) is 6.42. The Morgan fingerprint density at radius 1 is 0.919 bits per heavy atom. The van der Waals surface area contributed by atoms with Gasteiger partial charge in [0.25, 0.3) is 0 Å². The maximum Gasteiger partial charge on any atom is 0.222 e. The van der Waals surface area contributed by atoms with E-state index in [9.17, 15) is 18.0 Å². The van der Waals surface area contributed by atoms with Gasteiger partial charge in [-0.3, -0.25) is 9.59 Å². The minimum absolute atomic E-state index is 0.0940. The first-order chi connectivity index (χ1) is 17.7. The standard InChI is InChI=1S/C22H25F2NO.C7H7F.CH3NO/c1-22(16-18-5-3-2-4-6-18)11-13-25(14-12-22)21(26)10-8-17-7-9-19(23)20(24)15-17;1-6-2-4-7(8)5-3-6;2-1-3/h2-7,9,15H,8,10-14,16H2,1H3;2-5H,1H3;1H,(H2,2,3). The van der Waals surface area contributed by atoms with Crippen molar-refractivity contribution in [1.29, 1.82) is 0 Å². The smallest absolute Gasteiger partial charge is 0.222 e. The minimum atomic E-state index is -0.857. The first-order valence-corrected chi connectivity index (χ1v) is 12.3. The van der Waals surface area contributed by atoms with E-state index in [-0.39, 0.29) is 23.5 Å². The first kappa shape index (κ1) is 29.6. The van der Waals surface area contributed by atoms with E-state index >= 15 is 0 Å². The summed E-state index contributed by atoms with van der Waals surface area (Å²) in [6.45, 7) is 5.75. The van der Waals surface area contributed by atoms with Crippen LogP contribution in [0.4, 0.5) is 13.2 Å². The van der Waals surface area contributed by atoms with Gasteiger partial charge in [-0.15, -0.1) is 0 Å². The lowest BCUT2D eigenvalue weighted by atomic mass is 9.75. The number of hydrogen-bond acceptors (Lipinski definition) is 2. The summed E-state index contributed by atoms with van der Waals surface area (Å²) in [5, 5.41) is 0. The Bertz CT molecular complexity index is 1090.